The van der Waals surface area contributed by atoms with Gasteiger partial charge in [0, 0.05) is 57.8 Å². The van der Waals surface area contributed by atoms with Gasteiger partial charge in [0.2, 0.25) is 10.0 Å². The first-order chi connectivity index (χ1) is 17.0. The third-order valence-electron chi connectivity index (χ3n) is 6.51. The summed E-state index contributed by atoms with van der Waals surface area (Å²) in [5, 5.41) is 4.05. The van der Waals surface area contributed by atoms with Gasteiger partial charge in [-0.15, -0.1) is 0 Å². The fourth-order valence-electron chi connectivity index (χ4n) is 4.48. The number of amides is 1. The number of carbonyl (C=O) groups excluding carboxylic acids is 1. The van der Waals surface area contributed by atoms with Gasteiger partial charge in [-0.25, -0.2) is 8.42 Å². The molecule has 9 heteroatoms. The fourth-order valence-corrected chi connectivity index (χ4v) is 5.91. The summed E-state index contributed by atoms with van der Waals surface area (Å²) in [4.78, 5) is 17.6. The predicted molar refractivity (Wildman–Crippen MR) is 132 cm³/mol. The average Bonchev–Trinajstić information content (AvgIpc) is 3.33. The van der Waals surface area contributed by atoms with E-state index in [0.29, 0.717) is 37.4 Å². The quantitative estimate of drug-likeness (QED) is 0.526. The van der Waals surface area contributed by atoms with Crippen LogP contribution in [0, 0.1) is 0 Å². The maximum Gasteiger partial charge on any atom is 0.276 e. The molecule has 1 amide bonds. The van der Waals surface area contributed by atoms with Gasteiger partial charge in [0.15, 0.2) is 5.69 Å². The van der Waals surface area contributed by atoms with Crippen molar-refractivity contribution in [1.82, 2.24) is 19.3 Å². The Bertz CT molecular complexity index is 1300. The van der Waals surface area contributed by atoms with E-state index in [9.17, 15) is 13.2 Å². The third-order valence-corrected chi connectivity index (χ3v) is 8.37. The van der Waals surface area contributed by atoms with Crippen molar-refractivity contribution in [2.45, 2.75) is 17.9 Å². The smallest absolute Gasteiger partial charge is 0.276 e. The normalized spacial score (nSPS) is 17.5. The Morgan fingerprint density at radius 3 is 2.34 bits per heavy atom. The molecule has 1 saturated heterocycles. The summed E-state index contributed by atoms with van der Waals surface area (Å²) in [6, 6.07) is 18.5. The van der Waals surface area contributed by atoms with Crippen LogP contribution in [0.1, 0.15) is 27.4 Å². The Kier molecular flexibility index (Phi) is 6.81. The van der Waals surface area contributed by atoms with E-state index < -0.39 is 10.0 Å². The summed E-state index contributed by atoms with van der Waals surface area (Å²) in [5.41, 5.74) is 1.97. The number of nitrogens with zero attached hydrogens (tertiary/aromatic N) is 4. The molecule has 0 unspecified atom stereocenters. The van der Waals surface area contributed by atoms with E-state index in [0.717, 1.165) is 19.6 Å². The van der Waals surface area contributed by atoms with Gasteiger partial charge in [-0.2, -0.15) is 4.31 Å². The Morgan fingerprint density at radius 2 is 1.63 bits per heavy atom. The molecular weight excluding hydrogens is 464 g/mol. The Morgan fingerprint density at radius 1 is 0.943 bits per heavy atom. The van der Waals surface area contributed by atoms with E-state index in [-0.39, 0.29) is 23.0 Å². The highest BCUT2D eigenvalue weighted by atomic mass is 32.2. The molecule has 8 nitrogen and oxygen atoms in total. The molecule has 2 aromatic carbocycles. The molecule has 3 aromatic rings. The van der Waals surface area contributed by atoms with Crippen LogP contribution in [-0.4, -0.2) is 72.9 Å². The number of piperazine rings is 1. The van der Waals surface area contributed by atoms with Crippen LogP contribution in [-0.2, 0) is 23.0 Å². The SMILES string of the molecule is O=C(c1noc2c1CN(S(=O)(=O)c1ccccc1)CC2)N1CCN(CC=Cc2ccccc2)CC1. The van der Waals surface area contributed by atoms with Gasteiger partial charge in [-0.05, 0) is 17.7 Å². The molecule has 0 radical (unpaired) electrons. The molecule has 0 saturated carbocycles. The van der Waals surface area contributed by atoms with Crippen molar-refractivity contribution in [3.8, 4) is 0 Å². The lowest BCUT2D eigenvalue weighted by Crippen LogP contribution is -2.49. The molecule has 3 heterocycles. The molecule has 35 heavy (non-hydrogen) atoms. The summed E-state index contributed by atoms with van der Waals surface area (Å²) in [6.45, 7) is 3.91. The van der Waals surface area contributed by atoms with Crippen molar-refractivity contribution in [2.75, 3.05) is 39.3 Å². The topological polar surface area (TPSA) is 87.0 Å². The standard InChI is InChI=1S/C26H28N4O4S/c31-26(29-18-16-28(17-19-29)14-7-10-21-8-3-1-4-9-21)25-23-20-30(15-13-24(23)34-27-25)35(32,33)22-11-5-2-6-12-22/h1-12H,13-20H2. The second kappa shape index (κ2) is 10.2. The second-order valence-electron chi connectivity index (χ2n) is 8.74. The van der Waals surface area contributed by atoms with E-state index in [2.05, 4.69) is 34.3 Å². The van der Waals surface area contributed by atoms with Crippen LogP contribution >= 0.6 is 0 Å². The zero-order valence-corrected chi connectivity index (χ0v) is 20.2. The number of hydrogen-bond acceptors (Lipinski definition) is 6. The summed E-state index contributed by atoms with van der Waals surface area (Å²) >= 11 is 0. The second-order valence-corrected chi connectivity index (χ2v) is 10.7. The number of aromatic nitrogens is 1. The Labute approximate surface area is 205 Å². The number of carbonyl (C=O) groups is 1. The molecular formula is C26H28N4O4S. The molecule has 2 aliphatic heterocycles. The highest BCUT2D eigenvalue weighted by Crippen LogP contribution is 2.28. The minimum atomic E-state index is -3.66. The van der Waals surface area contributed by atoms with E-state index >= 15 is 0 Å². The summed E-state index contributed by atoms with van der Waals surface area (Å²) in [6.07, 6.45) is 4.64. The molecule has 1 fully saturated rings. The number of benzene rings is 2. The van der Waals surface area contributed by atoms with Crippen LogP contribution in [0.25, 0.3) is 6.08 Å². The first kappa shape index (κ1) is 23.5. The fraction of sp³-hybridized carbons (Fsp3) is 0.308. The highest BCUT2D eigenvalue weighted by molar-refractivity contribution is 7.89. The van der Waals surface area contributed by atoms with Crippen LogP contribution in [0.4, 0.5) is 0 Å². The number of fused-ring (bicyclic) bond motifs is 1. The zero-order chi connectivity index (χ0) is 24.3. The van der Waals surface area contributed by atoms with Gasteiger partial charge >= 0.3 is 0 Å². The van der Waals surface area contributed by atoms with Gasteiger partial charge in [0.05, 0.1) is 4.90 Å². The molecule has 2 aliphatic rings. The maximum absolute atomic E-state index is 13.3. The zero-order valence-electron chi connectivity index (χ0n) is 19.4. The number of hydrogen-bond donors (Lipinski definition) is 0. The monoisotopic (exact) mass is 492 g/mol. The molecule has 0 atom stereocenters. The lowest BCUT2D eigenvalue weighted by atomic mass is 10.1. The molecule has 0 aliphatic carbocycles. The minimum Gasteiger partial charge on any atom is -0.360 e. The van der Waals surface area contributed by atoms with Crippen LogP contribution in [0.3, 0.4) is 0 Å². The first-order valence-corrected chi connectivity index (χ1v) is 13.2. The Hall–Kier alpha value is -3.27. The molecule has 0 spiro atoms. The summed E-state index contributed by atoms with van der Waals surface area (Å²) in [5.74, 6) is 0.394. The lowest BCUT2D eigenvalue weighted by Gasteiger charge is -2.34. The van der Waals surface area contributed by atoms with E-state index in [1.165, 1.54) is 9.87 Å². The molecule has 0 N–H and O–H groups in total. The molecule has 0 bridgehead atoms. The number of rotatable bonds is 6. The molecule has 1 aromatic heterocycles. The van der Waals surface area contributed by atoms with E-state index in [1.54, 1.807) is 35.2 Å². The summed E-state index contributed by atoms with van der Waals surface area (Å²) < 4.78 is 33.0. The van der Waals surface area contributed by atoms with Crippen LogP contribution in [0.5, 0.6) is 0 Å². The third kappa shape index (κ3) is 5.07. The largest absolute Gasteiger partial charge is 0.360 e. The van der Waals surface area contributed by atoms with Gasteiger partial charge < -0.3 is 9.42 Å². The van der Waals surface area contributed by atoms with Crippen molar-refractivity contribution in [1.29, 1.82) is 0 Å². The van der Waals surface area contributed by atoms with Crippen molar-refractivity contribution >= 4 is 22.0 Å². The summed E-state index contributed by atoms with van der Waals surface area (Å²) in [7, 11) is -3.66. The molecule has 5 rings (SSSR count). The van der Waals surface area contributed by atoms with E-state index in [4.69, 9.17) is 4.52 Å². The van der Waals surface area contributed by atoms with Crippen LogP contribution in [0.15, 0.2) is 76.2 Å². The van der Waals surface area contributed by atoms with Gasteiger partial charge in [-0.1, -0.05) is 65.8 Å². The van der Waals surface area contributed by atoms with Crippen LogP contribution < -0.4 is 0 Å². The number of sulfonamides is 1. The van der Waals surface area contributed by atoms with Crippen molar-refractivity contribution in [3.63, 3.8) is 0 Å². The van der Waals surface area contributed by atoms with Crippen molar-refractivity contribution in [2.24, 2.45) is 0 Å². The first-order valence-electron chi connectivity index (χ1n) is 11.8. The van der Waals surface area contributed by atoms with Gasteiger partial charge in [-0.3, -0.25) is 9.69 Å². The lowest BCUT2D eigenvalue weighted by molar-refractivity contribution is 0.0638. The van der Waals surface area contributed by atoms with Gasteiger partial charge in [0.25, 0.3) is 5.91 Å². The van der Waals surface area contributed by atoms with Gasteiger partial charge in [0.1, 0.15) is 5.76 Å². The maximum atomic E-state index is 13.3. The van der Waals surface area contributed by atoms with Crippen LogP contribution in [0.2, 0.25) is 0 Å². The predicted octanol–water partition coefficient (Wildman–Crippen LogP) is 2.89. The van der Waals surface area contributed by atoms with E-state index in [1.807, 2.05) is 18.2 Å². The minimum absolute atomic E-state index is 0.0847. The molecule has 182 valence electrons. The Balaban J connectivity index is 1.21. The van der Waals surface area contributed by atoms with Crippen molar-refractivity contribution < 1.29 is 17.7 Å². The highest BCUT2D eigenvalue weighted by Gasteiger charge is 2.35. The average molecular weight is 493 g/mol. The van der Waals surface area contributed by atoms with Crippen molar-refractivity contribution in [3.05, 3.63) is 89.3 Å².